The molecule has 0 spiro atoms. The first-order valence-electron chi connectivity index (χ1n) is 11.2. The number of aliphatic hydroxyl groups excluding tert-OH is 1. The molecule has 174 valence electrons. The molecule has 3 rings (SSSR count). The SMILES string of the molecule is CC(C)C[C@H](NC(=O)c1ccncc1)C(=O)N[C@@H](C(C)C)[C@@H](O)c1c(-c2ccccc2)c1=O. The number of carbonyl (C=O) groups is 2. The Hall–Kier alpha value is -3.32. The molecular weight excluding hydrogens is 418 g/mol. The van der Waals surface area contributed by atoms with Gasteiger partial charge in [0.15, 0.2) is 5.43 Å². The fraction of sp³-hybridized carbons (Fsp3) is 0.385. The maximum Gasteiger partial charge on any atom is 0.252 e. The van der Waals surface area contributed by atoms with Crippen LogP contribution in [0.4, 0.5) is 0 Å². The summed E-state index contributed by atoms with van der Waals surface area (Å²) in [6, 6.07) is 10.9. The Labute approximate surface area is 193 Å². The van der Waals surface area contributed by atoms with Crippen LogP contribution in [0.1, 0.15) is 56.1 Å². The fourth-order valence-electron chi connectivity index (χ4n) is 3.86. The van der Waals surface area contributed by atoms with Crippen LogP contribution in [0.5, 0.6) is 0 Å². The van der Waals surface area contributed by atoms with Crippen LogP contribution in [0.2, 0.25) is 0 Å². The Kier molecular flexibility index (Phi) is 7.76. The fourth-order valence-corrected chi connectivity index (χ4v) is 3.86. The van der Waals surface area contributed by atoms with Crippen LogP contribution in [-0.4, -0.2) is 34.0 Å². The van der Waals surface area contributed by atoms with E-state index in [0.29, 0.717) is 23.1 Å². The van der Waals surface area contributed by atoms with Gasteiger partial charge in [-0.05, 0) is 36.0 Å². The number of pyridine rings is 1. The zero-order valence-corrected chi connectivity index (χ0v) is 19.4. The minimum atomic E-state index is -1.13. The van der Waals surface area contributed by atoms with E-state index >= 15 is 0 Å². The molecule has 0 saturated carbocycles. The Morgan fingerprint density at radius 2 is 1.61 bits per heavy atom. The predicted molar refractivity (Wildman–Crippen MR) is 127 cm³/mol. The summed E-state index contributed by atoms with van der Waals surface area (Å²) >= 11 is 0. The van der Waals surface area contributed by atoms with Crippen LogP contribution in [0, 0.1) is 11.8 Å². The van der Waals surface area contributed by atoms with E-state index in [1.54, 1.807) is 12.1 Å². The number of rotatable bonds is 10. The van der Waals surface area contributed by atoms with Gasteiger partial charge in [-0.15, -0.1) is 0 Å². The monoisotopic (exact) mass is 449 g/mol. The van der Waals surface area contributed by atoms with Crippen molar-refractivity contribution in [3.05, 3.63) is 76.2 Å². The molecule has 0 fully saturated rings. The third-order valence-corrected chi connectivity index (χ3v) is 5.68. The zero-order valence-electron chi connectivity index (χ0n) is 19.4. The predicted octanol–water partition coefficient (Wildman–Crippen LogP) is 3.00. The average molecular weight is 450 g/mol. The second-order valence-electron chi connectivity index (χ2n) is 9.10. The standard InChI is InChI=1S/C26H31N3O4/c1-15(2)14-19(28-25(32)18-10-12-27-13-11-18)26(33)29-22(16(3)4)24(31)21-20(23(21)30)17-8-6-5-7-9-17/h5-13,15-16,19,22,24,31H,14H2,1-4H3,(H,28,32)(H,29,33)/t19-,22-,24-/m0/s1. The second kappa shape index (κ2) is 10.5. The summed E-state index contributed by atoms with van der Waals surface area (Å²) in [5.74, 6) is -0.749. The Balaban J connectivity index is 1.76. The Morgan fingerprint density at radius 1 is 0.970 bits per heavy atom. The number of benzene rings is 1. The lowest BCUT2D eigenvalue weighted by Crippen LogP contribution is -2.52. The first kappa shape index (κ1) is 24.3. The zero-order chi connectivity index (χ0) is 24.1. The highest BCUT2D eigenvalue weighted by Gasteiger charge is 2.37. The molecule has 0 aliphatic rings. The summed E-state index contributed by atoms with van der Waals surface area (Å²) in [7, 11) is 0. The number of aromatic nitrogens is 1. The molecular formula is C26H31N3O4. The topological polar surface area (TPSA) is 108 Å². The third-order valence-electron chi connectivity index (χ3n) is 5.68. The van der Waals surface area contributed by atoms with Crippen molar-refractivity contribution in [1.82, 2.24) is 15.6 Å². The number of nitrogens with one attached hydrogen (secondary N) is 2. The number of hydrogen-bond acceptors (Lipinski definition) is 5. The molecule has 3 N–H and O–H groups in total. The van der Waals surface area contributed by atoms with E-state index in [1.807, 2.05) is 58.0 Å². The van der Waals surface area contributed by atoms with Crippen LogP contribution in [0.15, 0.2) is 59.7 Å². The van der Waals surface area contributed by atoms with E-state index in [9.17, 15) is 19.5 Å². The van der Waals surface area contributed by atoms with Gasteiger partial charge in [0.25, 0.3) is 5.91 Å². The van der Waals surface area contributed by atoms with Crippen molar-refractivity contribution < 1.29 is 14.7 Å². The van der Waals surface area contributed by atoms with Gasteiger partial charge in [-0.2, -0.15) is 0 Å². The molecule has 33 heavy (non-hydrogen) atoms. The Bertz CT molecular complexity index is 1090. The van der Waals surface area contributed by atoms with Gasteiger partial charge >= 0.3 is 0 Å². The van der Waals surface area contributed by atoms with Crippen molar-refractivity contribution in [2.75, 3.05) is 0 Å². The molecule has 0 aliphatic heterocycles. The summed E-state index contributed by atoms with van der Waals surface area (Å²) in [5, 5.41) is 16.7. The van der Waals surface area contributed by atoms with E-state index in [0.717, 1.165) is 5.56 Å². The molecule has 1 aromatic heterocycles. The van der Waals surface area contributed by atoms with Crippen molar-refractivity contribution in [3.8, 4) is 11.1 Å². The minimum Gasteiger partial charge on any atom is -0.386 e. The minimum absolute atomic E-state index is 0.141. The van der Waals surface area contributed by atoms with Crippen molar-refractivity contribution >= 4 is 11.8 Å². The van der Waals surface area contributed by atoms with E-state index in [-0.39, 0.29) is 29.1 Å². The lowest BCUT2D eigenvalue weighted by Gasteiger charge is -2.29. The quantitative estimate of drug-likeness (QED) is 0.441. The molecule has 0 saturated heterocycles. The van der Waals surface area contributed by atoms with Crippen molar-refractivity contribution in [2.24, 2.45) is 11.8 Å². The normalized spacial score (nSPS) is 14.3. The van der Waals surface area contributed by atoms with Gasteiger partial charge in [-0.25, -0.2) is 0 Å². The van der Waals surface area contributed by atoms with Gasteiger partial charge in [-0.3, -0.25) is 19.4 Å². The second-order valence-corrected chi connectivity index (χ2v) is 9.10. The Morgan fingerprint density at radius 3 is 2.18 bits per heavy atom. The van der Waals surface area contributed by atoms with Gasteiger partial charge in [0, 0.05) is 29.1 Å². The molecule has 1 heterocycles. The van der Waals surface area contributed by atoms with Crippen LogP contribution in [0.3, 0.4) is 0 Å². The van der Waals surface area contributed by atoms with E-state index < -0.39 is 18.2 Å². The van der Waals surface area contributed by atoms with E-state index in [2.05, 4.69) is 15.6 Å². The van der Waals surface area contributed by atoms with Crippen molar-refractivity contribution in [1.29, 1.82) is 0 Å². The molecule has 7 heteroatoms. The average Bonchev–Trinajstić information content (AvgIpc) is 3.47. The van der Waals surface area contributed by atoms with Gasteiger partial charge in [-0.1, -0.05) is 58.0 Å². The maximum absolute atomic E-state index is 13.2. The van der Waals surface area contributed by atoms with Gasteiger partial charge in [0.1, 0.15) is 12.1 Å². The summed E-state index contributed by atoms with van der Waals surface area (Å²) in [6.07, 6.45) is 2.33. The van der Waals surface area contributed by atoms with Gasteiger partial charge < -0.3 is 15.7 Å². The maximum atomic E-state index is 13.2. The molecule has 7 nitrogen and oxygen atoms in total. The molecule has 0 unspecified atom stereocenters. The van der Waals surface area contributed by atoms with Crippen molar-refractivity contribution in [2.45, 2.75) is 52.3 Å². The number of carbonyl (C=O) groups excluding carboxylic acids is 2. The highest BCUT2D eigenvalue weighted by Crippen LogP contribution is 2.33. The van der Waals surface area contributed by atoms with Crippen LogP contribution >= 0.6 is 0 Å². The smallest absolute Gasteiger partial charge is 0.252 e. The number of amides is 2. The number of hydrogen-bond donors (Lipinski definition) is 3. The highest BCUT2D eigenvalue weighted by atomic mass is 16.3. The van der Waals surface area contributed by atoms with Gasteiger partial charge in [0.05, 0.1) is 6.04 Å². The lowest BCUT2D eigenvalue weighted by molar-refractivity contribution is -0.125. The third kappa shape index (κ3) is 5.93. The number of aliphatic hydroxyl groups is 1. The summed E-state index contributed by atoms with van der Waals surface area (Å²) in [6.45, 7) is 7.68. The van der Waals surface area contributed by atoms with Crippen LogP contribution in [-0.2, 0) is 4.79 Å². The van der Waals surface area contributed by atoms with E-state index in [4.69, 9.17) is 0 Å². The molecule has 3 atom stereocenters. The number of nitrogens with zero attached hydrogens (tertiary/aromatic N) is 1. The lowest BCUT2D eigenvalue weighted by atomic mass is 9.94. The molecule has 0 aliphatic carbocycles. The molecule has 0 radical (unpaired) electrons. The largest absolute Gasteiger partial charge is 0.386 e. The highest BCUT2D eigenvalue weighted by molar-refractivity contribution is 5.97. The molecule has 2 aromatic carbocycles. The summed E-state index contributed by atoms with van der Waals surface area (Å²) in [5.41, 5.74) is 1.83. The van der Waals surface area contributed by atoms with Crippen LogP contribution < -0.4 is 16.1 Å². The van der Waals surface area contributed by atoms with Crippen LogP contribution in [0.25, 0.3) is 11.1 Å². The summed E-state index contributed by atoms with van der Waals surface area (Å²) < 4.78 is 0. The first-order chi connectivity index (χ1) is 15.7. The molecule has 2 amide bonds. The summed E-state index contributed by atoms with van der Waals surface area (Å²) in [4.78, 5) is 42.2. The van der Waals surface area contributed by atoms with Gasteiger partial charge in [0.2, 0.25) is 5.91 Å². The van der Waals surface area contributed by atoms with Crippen molar-refractivity contribution in [3.63, 3.8) is 0 Å². The van der Waals surface area contributed by atoms with E-state index in [1.165, 1.54) is 12.4 Å². The molecule has 0 bridgehead atoms. The first-order valence-corrected chi connectivity index (χ1v) is 11.2. The molecule has 3 aromatic rings.